The Labute approximate surface area is 216 Å². The molecule has 3 fully saturated rings. The average molecular weight is 504 g/mol. The van der Waals surface area contributed by atoms with Gasteiger partial charge in [0.1, 0.15) is 0 Å². The minimum absolute atomic E-state index is 0.165. The van der Waals surface area contributed by atoms with Crippen molar-refractivity contribution in [2.45, 2.75) is 81.5 Å². The molecule has 1 aromatic heterocycles. The first-order valence-electron chi connectivity index (χ1n) is 13.7. The first kappa shape index (κ1) is 23.3. The third kappa shape index (κ3) is 3.37. The van der Waals surface area contributed by atoms with E-state index in [9.17, 15) is 8.76 Å². The highest BCUT2D eigenvalue weighted by Crippen LogP contribution is 2.69. The van der Waals surface area contributed by atoms with Crippen molar-refractivity contribution in [1.29, 1.82) is 0 Å². The van der Waals surface area contributed by atoms with Crippen molar-refractivity contribution in [3.8, 4) is 0 Å². The molecule has 5 nitrogen and oxygen atoms in total. The molecule has 3 heterocycles. The zero-order valence-corrected chi connectivity index (χ0v) is 21.8. The molecule has 36 heavy (non-hydrogen) atoms. The Morgan fingerprint density at radius 3 is 3.00 bits per heavy atom. The smallest absolute Gasteiger partial charge is 0.0974 e. The number of hydrogen-bond donors (Lipinski definition) is 1. The fourth-order valence-corrected chi connectivity index (χ4v) is 9.08. The van der Waals surface area contributed by atoms with Crippen LogP contribution in [0.25, 0.3) is 10.8 Å². The monoisotopic (exact) mass is 503 g/mol. The van der Waals surface area contributed by atoms with E-state index in [4.69, 9.17) is 4.74 Å². The lowest BCUT2D eigenvalue weighted by molar-refractivity contribution is -0.136. The molecule has 1 aromatic carbocycles. The number of benzene rings is 1. The van der Waals surface area contributed by atoms with Crippen LogP contribution in [0.1, 0.15) is 69.8 Å². The predicted octanol–water partition coefficient (Wildman–Crippen LogP) is 5.31. The van der Waals surface area contributed by atoms with Crippen molar-refractivity contribution in [1.82, 2.24) is 10.3 Å². The molecule has 2 saturated carbocycles. The third-order valence-corrected chi connectivity index (χ3v) is 11.0. The molecule has 0 amide bonds. The summed E-state index contributed by atoms with van der Waals surface area (Å²) in [6, 6.07) is 9.40. The minimum Gasteiger partial charge on any atom is -0.772 e. The molecular formula is C30H35N2O3S-. The normalized spacial score (nSPS) is 39.7. The van der Waals surface area contributed by atoms with Gasteiger partial charge in [-0.2, -0.15) is 0 Å². The molecule has 1 saturated heterocycles. The van der Waals surface area contributed by atoms with Crippen LogP contribution in [0.15, 0.2) is 60.0 Å². The Bertz CT molecular complexity index is 1310. The van der Waals surface area contributed by atoms with Gasteiger partial charge in [-0.25, -0.2) is 0 Å². The molecule has 2 aliphatic heterocycles. The highest BCUT2D eigenvalue weighted by atomic mass is 32.2. The summed E-state index contributed by atoms with van der Waals surface area (Å²) in [7, 11) is 0. The predicted molar refractivity (Wildman–Crippen MR) is 141 cm³/mol. The van der Waals surface area contributed by atoms with Crippen molar-refractivity contribution >= 4 is 21.9 Å². The molecule has 3 aliphatic carbocycles. The van der Waals surface area contributed by atoms with Crippen molar-refractivity contribution in [2.75, 3.05) is 12.3 Å². The fourth-order valence-electron chi connectivity index (χ4n) is 8.80. The van der Waals surface area contributed by atoms with Gasteiger partial charge in [-0.1, -0.05) is 42.3 Å². The molecule has 190 valence electrons. The van der Waals surface area contributed by atoms with Crippen LogP contribution in [0.5, 0.6) is 0 Å². The summed E-state index contributed by atoms with van der Waals surface area (Å²) < 4.78 is 29.4. The van der Waals surface area contributed by atoms with Gasteiger partial charge >= 0.3 is 0 Å². The van der Waals surface area contributed by atoms with Gasteiger partial charge in [-0.3, -0.25) is 9.19 Å². The van der Waals surface area contributed by atoms with Gasteiger partial charge in [-0.15, -0.1) is 0 Å². The van der Waals surface area contributed by atoms with Gasteiger partial charge in [-0.05, 0) is 103 Å². The van der Waals surface area contributed by atoms with E-state index in [0.29, 0.717) is 24.4 Å². The van der Waals surface area contributed by atoms with Gasteiger partial charge in [0, 0.05) is 36.1 Å². The Kier molecular flexibility index (Phi) is 5.38. The summed E-state index contributed by atoms with van der Waals surface area (Å²) in [5, 5.41) is 6.00. The van der Waals surface area contributed by atoms with Gasteiger partial charge in [0.05, 0.1) is 11.2 Å². The minimum atomic E-state index is -1.99. The van der Waals surface area contributed by atoms with Crippen LogP contribution < -0.4 is 5.32 Å². The highest BCUT2D eigenvalue weighted by Gasteiger charge is 2.66. The van der Waals surface area contributed by atoms with E-state index < -0.39 is 11.1 Å². The Morgan fingerprint density at radius 1 is 1.19 bits per heavy atom. The Hall–Kier alpha value is -1.86. The van der Waals surface area contributed by atoms with Crippen LogP contribution in [-0.4, -0.2) is 43.3 Å². The number of pyridine rings is 1. The molecule has 2 aromatic rings. The number of rotatable bonds is 5. The molecule has 0 radical (unpaired) electrons. The van der Waals surface area contributed by atoms with E-state index in [1.165, 1.54) is 40.3 Å². The summed E-state index contributed by atoms with van der Waals surface area (Å²) in [6.07, 6.45) is 17.7. The lowest BCUT2D eigenvalue weighted by Gasteiger charge is -2.54. The first-order chi connectivity index (χ1) is 17.4. The molecule has 5 aliphatic rings. The standard InChI is InChI=1S/C30H36N2O3S/c1-28-10-8-24-17-23-4-5-25(32-14-15-36(33)34)18-29(23)11-12-30(24,35-29)27(28)7-6-26(28)21-3-2-20-9-13-31-19-22(20)16-21/h2-3,8-9,13,16-17,19,25-27,32H,4-7,10-12,14-15,18H2,1H3,(H,33,34)/p-1/t25-,26?,27-,28-,29-,30-/m1/s1. The quantitative estimate of drug-likeness (QED) is 0.560. The number of nitrogens with zero attached hydrogens (tertiary/aromatic N) is 1. The maximum Gasteiger partial charge on any atom is 0.0974 e. The van der Waals surface area contributed by atoms with Crippen molar-refractivity contribution in [3.05, 3.63) is 65.5 Å². The van der Waals surface area contributed by atoms with E-state index in [1.807, 2.05) is 12.4 Å². The fraction of sp³-hybridized carbons (Fsp3) is 0.567. The van der Waals surface area contributed by atoms with E-state index in [1.54, 1.807) is 0 Å². The maximum absolute atomic E-state index is 11.0. The molecule has 7 atom stereocenters. The third-order valence-electron chi connectivity index (χ3n) is 10.4. The molecule has 2 spiro atoms. The zero-order chi connectivity index (χ0) is 24.5. The van der Waals surface area contributed by atoms with E-state index in [2.05, 4.69) is 53.6 Å². The van der Waals surface area contributed by atoms with E-state index in [0.717, 1.165) is 38.5 Å². The number of ether oxygens (including phenoxy) is 1. The largest absolute Gasteiger partial charge is 0.772 e. The van der Waals surface area contributed by atoms with Crippen LogP contribution in [0.2, 0.25) is 0 Å². The Balaban J connectivity index is 1.19. The maximum atomic E-state index is 11.0. The molecule has 2 bridgehead atoms. The average Bonchev–Trinajstić information content (AvgIpc) is 3.38. The molecular weight excluding hydrogens is 468 g/mol. The van der Waals surface area contributed by atoms with Crippen LogP contribution in [0.4, 0.5) is 0 Å². The van der Waals surface area contributed by atoms with Gasteiger partial charge in [0.25, 0.3) is 0 Å². The van der Waals surface area contributed by atoms with Crippen LogP contribution in [-0.2, 0) is 15.8 Å². The van der Waals surface area contributed by atoms with Crippen LogP contribution in [0.3, 0.4) is 0 Å². The SMILES string of the molecule is C[C@]12CC=C3C=C4CC[C@@H](NCCS(=O)[O-])C[C@]45CC[C@]3(O5)[C@@H]1CCC2c1ccc2ccncc2c1. The number of fused-ring (bicyclic) bond motifs is 2. The van der Waals surface area contributed by atoms with E-state index >= 15 is 0 Å². The number of allylic oxidation sites excluding steroid dienone is 1. The Morgan fingerprint density at radius 2 is 2.11 bits per heavy atom. The van der Waals surface area contributed by atoms with Crippen molar-refractivity contribution in [3.63, 3.8) is 0 Å². The lowest BCUT2D eigenvalue weighted by atomic mass is 9.58. The lowest BCUT2D eigenvalue weighted by Crippen LogP contribution is -2.55. The van der Waals surface area contributed by atoms with Crippen molar-refractivity contribution < 1.29 is 13.5 Å². The van der Waals surface area contributed by atoms with Crippen LogP contribution in [0, 0.1) is 11.3 Å². The molecule has 6 heteroatoms. The number of hydrogen-bond acceptors (Lipinski definition) is 5. The molecule has 2 unspecified atom stereocenters. The van der Waals surface area contributed by atoms with Crippen LogP contribution >= 0.6 is 0 Å². The molecule has 7 rings (SSSR count). The number of nitrogens with one attached hydrogen (secondary N) is 1. The summed E-state index contributed by atoms with van der Waals surface area (Å²) >= 11 is -1.99. The van der Waals surface area contributed by atoms with E-state index in [-0.39, 0.29) is 22.4 Å². The zero-order valence-electron chi connectivity index (χ0n) is 21.0. The second-order valence-corrected chi connectivity index (χ2v) is 13.1. The second-order valence-electron chi connectivity index (χ2n) is 12.1. The highest BCUT2D eigenvalue weighted by molar-refractivity contribution is 7.79. The summed E-state index contributed by atoms with van der Waals surface area (Å²) in [5.74, 6) is 1.22. The van der Waals surface area contributed by atoms with Gasteiger partial charge < -0.3 is 14.6 Å². The van der Waals surface area contributed by atoms with Gasteiger partial charge in [0.2, 0.25) is 0 Å². The second kappa shape index (κ2) is 8.32. The van der Waals surface area contributed by atoms with Gasteiger partial charge in [0.15, 0.2) is 0 Å². The molecule has 1 N–H and O–H groups in total. The summed E-state index contributed by atoms with van der Waals surface area (Å²) in [6.45, 7) is 3.04. The summed E-state index contributed by atoms with van der Waals surface area (Å²) in [5.41, 5.74) is 4.22. The summed E-state index contributed by atoms with van der Waals surface area (Å²) in [4.78, 5) is 4.36. The first-order valence-corrected chi connectivity index (χ1v) is 14.9. The number of aromatic nitrogens is 1. The topological polar surface area (TPSA) is 74.3 Å². The van der Waals surface area contributed by atoms with Crippen molar-refractivity contribution in [2.24, 2.45) is 11.3 Å².